The first-order valence-corrected chi connectivity index (χ1v) is 3.94. The normalized spacial score (nSPS) is 12.4. The van der Waals surface area contributed by atoms with Crippen molar-refractivity contribution in [1.82, 2.24) is 4.31 Å². The summed E-state index contributed by atoms with van der Waals surface area (Å²) in [5.74, 6) is 0. The molecule has 0 aromatic rings. The van der Waals surface area contributed by atoms with Crippen LogP contribution in [-0.4, -0.2) is 30.4 Å². The van der Waals surface area contributed by atoms with Gasteiger partial charge in [0.25, 0.3) is 0 Å². The average Bonchev–Trinajstić information content (AvgIpc) is 1.65. The Morgan fingerprint density at radius 3 is 2.11 bits per heavy atom. The van der Waals surface area contributed by atoms with Gasteiger partial charge in [0.2, 0.25) is 0 Å². The zero-order valence-electron chi connectivity index (χ0n) is 5.24. The van der Waals surface area contributed by atoms with Crippen molar-refractivity contribution < 1.29 is 13.0 Å². The monoisotopic (exact) mass is 152 g/mol. The topological polar surface area (TPSA) is 57.6 Å². The van der Waals surface area contributed by atoms with E-state index in [1.54, 1.807) is 6.92 Å². The van der Waals surface area contributed by atoms with Gasteiger partial charge in [-0.2, -0.15) is 12.7 Å². The van der Waals surface area contributed by atoms with E-state index in [1.807, 2.05) is 0 Å². The van der Waals surface area contributed by atoms with Crippen LogP contribution in [0.25, 0.3) is 0 Å². The van der Waals surface area contributed by atoms with Crippen LogP contribution in [0.1, 0.15) is 6.92 Å². The molecule has 5 heteroatoms. The van der Waals surface area contributed by atoms with Crippen molar-refractivity contribution in [2.24, 2.45) is 0 Å². The van der Waals surface area contributed by atoms with Crippen LogP contribution in [0.4, 0.5) is 0 Å². The minimum atomic E-state index is -3.99. The van der Waals surface area contributed by atoms with Crippen LogP contribution in [0.5, 0.6) is 0 Å². The lowest BCUT2D eigenvalue weighted by Crippen LogP contribution is -2.29. The van der Waals surface area contributed by atoms with Gasteiger partial charge in [-0.15, -0.1) is 0 Å². The van der Waals surface area contributed by atoms with Crippen molar-refractivity contribution in [3.63, 3.8) is 0 Å². The Balaban J connectivity index is 4.14. The molecule has 1 N–H and O–H groups in total. The highest BCUT2D eigenvalue weighted by atomic mass is 32.2. The Morgan fingerprint density at radius 1 is 1.67 bits per heavy atom. The molecular weight excluding hydrogens is 142 g/mol. The maximum Gasteiger partial charge on any atom is 0.335 e. The molecule has 0 aromatic heterocycles. The van der Waals surface area contributed by atoms with E-state index in [4.69, 9.17) is 4.55 Å². The average molecular weight is 152 g/mol. The summed E-state index contributed by atoms with van der Waals surface area (Å²) >= 11 is 0. The highest BCUT2D eigenvalue weighted by Gasteiger charge is 2.12. The third-order valence-corrected chi connectivity index (χ3v) is 2.02. The molecule has 4 nitrogen and oxygen atoms in total. The predicted octanol–water partition coefficient (Wildman–Crippen LogP) is -0.0548. The van der Waals surface area contributed by atoms with Crippen molar-refractivity contribution in [3.8, 4) is 0 Å². The first-order valence-electron chi connectivity index (χ1n) is 2.54. The fraction of sp³-hybridized carbons (Fsp3) is 0.750. The van der Waals surface area contributed by atoms with Crippen molar-refractivity contribution in [2.45, 2.75) is 6.92 Å². The van der Waals surface area contributed by atoms with Gasteiger partial charge in [-0.3, -0.25) is 4.55 Å². The lowest BCUT2D eigenvalue weighted by atomic mass is 10.7. The smallest absolute Gasteiger partial charge is 0.273 e. The molecule has 55 valence electrons. The van der Waals surface area contributed by atoms with Crippen LogP contribution in [0.2, 0.25) is 0 Å². The lowest BCUT2D eigenvalue weighted by molar-refractivity contribution is 0.379. The summed E-state index contributed by atoms with van der Waals surface area (Å²) in [5.41, 5.74) is 0. The second kappa shape index (κ2) is 3.14. The number of hydrogen-bond donors (Lipinski definition) is 1. The summed E-state index contributed by atoms with van der Waals surface area (Å²) in [6.45, 7) is 5.25. The molecule has 0 saturated carbocycles. The highest BCUT2D eigenvalue weighted by Crippen LogP contribution is 1.93. The molecule has 0 heterocycles. The molecule has 0 spiro atoms. The number of rotatable bonds is 3. The van der Waals surface area contributed by atoms with Crippen molar-refractivity contribution in [2.75, 3.05) is 13.1 Å². The molecule has 0 amide bonds. The molecule has 9 heavy (non-hydrogen) atoms. The molecule has 0 bridgehead atoms. The van der Waals surface area contributed by atoms with Crippen LogP contribution in [0, 0.1) is 6.92 Å². The van der Waals surface area contributed by atoms with Crippen LogP contribution in [-0.2, 0) is 10.3 Å². The van der Waals surface area contributed by atoms with Crippen molar-refractivity contribution in [1.29, 1.82) is 0 Å². The van der Waals surface area contributed by atoms with E-state index < -0.39 is 10.3 Å². The molecule has 0 rings (SSSR count). The summed E-state index contributed by atoms with van der Waals surface area (Å²) in [6, 6.07) is 0. The molecule has 0 fully saturated rings. The SMILES string of the molecule is [CH2]CN(CC)S(=O)(=O)O. The van der Waals surface area contributed by atoms with E-state index >= 15 is 0 Å². The largest absolute Gasteiger partial charge is 0.335 e. The van der Waals surface area contributed by atoms with Gasteiger partial charge in [0.1, 0.15) is 0 Å². The summed E-state index contributed by atoms with van der Waals surface area (Å²) in [7, 11) is -3.99. The quantitative estimate of drug-likeness (QED) is 0.576. The maximum atomic E-state index is 10.2. The van der Waals surface area contributed by atoms with E-state index in [0.29, 0.717) is 0 Å². The molecule has 0 atom stereocenters. The molecule has 0 aliphatic rings. The molecular formula is C4H10NO3S. The fourth-order valence-electron chi connectivity index (χ4n) is 0.437. The van der Waals surface area contributed by atoms with E-state index in [1.165, 1.54) is 0 Å². The van der Waals surface area contributed by atoms with Gasteiger partial charge in [0.05, 0.1) is 0 Å². The van der Waals surface area contributed by atoms with Crippen molar-refractivity contribution >= 4 is 10.3 Å². The van der Waals surface area contributed by atoms with Crippen LogP contribution < -0.4 is 0 Å². The molecule has 1 radical (unpaired) electrons. The predicted molar refractivity (Wildman–Crippen MR) is 34.2 cm³/mol. The van der Waals surface area contributed by atoms with Gasteiger partial charge < -0.3 is 0 Å². The standard InChI is InChI=1S/C4H10NO3S/c1-3-5(4-2)9(6,7)8/h1,3-4H2,2H3,(H,6,7,8). The first kappa shape index (κ1) is 8.87. The summed E-state index contributed by atoms with van der Waals surface area (Å²) in [4.78, 5) is 0. The van der Waals surface area contributed by atoms with Gasteiger partial charge in [-0.05, 0) is 6.92 Å². The van der Waals surface area contributed by atoms with E-state index in [9.17, 15) is 8.42 Å². The Labute approximate surface area is 55.4 Å². The van der Waals surface area contributed by atoms with Gasteiger partial charge in [0, 0.05) is 13.1 Å². The van der Waals surface area contributed by atoms with Crippen LogP contribution in [0.15, 0.2) is 0 Å². The third-order valence-electron chi connectivity index (χ3n) is 0.928. The zero-order chi connectivity index (χ0) is 7.49. The minimum absolute atomic E-state index is 0.0648. The van der Waals surface area contributed by atoms with Gasteiger partial charge >= 0.3 is 10.3 Å². The Kier molecular flexibility index (Phi) is 3.10. The molecule has 0 aliphatic carbocycles. The van der Waals surface area contributed by atoms with Gasteiger partial charge in [0.15, 0.2) is 0 Å². The summed E-state index contributed by atoms with van der Waals surface area (Å²) < 4.78 is 29.7. The van der Waals surface area contributed by atoms with Crippen LogP contribution >= 0.6 is 0 Å². The maximum absolute atomic E-state index is 10.2. The minimum Gasteiger partial charge on any atom is -0.273 e. The van der Waals surface area contributed by atoms with E-state index in [-0.39, 0.29) is 13.1 Å². The lowest BCUT2D eigenvalue weighted by Gasteiger charge is -2.11. The highest BCUT2D eigenvalue weighted by molar-refractivity contribution is 7.83. The molecule has 0 aromatic carbocycles. The third kappa shape index (κ3) is 2.78. The van der Waals surface area contributed by atoms with Crippen LogP contribution in [0.3, 0.4) is 0 Å². The Morgan fingerprint density at radius 2 is 2.11 bits per heavy atom. The van der Waals surface area contributed by atoms with Gasteiger partial charge in [-0.1, -0.05) is 6.92 Å². The van der Waals surface area contributed by atoms with Crippen molar-refractivity contribution in [3.05, 3.63) is 6.92 Å². The molecule has 0 unspecified atom stereocenters. The van der Waals surface area contributed by atoms with E-state index in [0.717, 1.165) is 4.31 Å². The van der Waals surface area contributed by atoms with Gasteiger partial charge in [-0.25, -0.2) is 0 Å². The molecule has 0 aliphatic heterocycles. The summed E-state index contributed by atoms with van der Waals surface area (Å²) in [6.07, 6.45) is 0. The second-order valence-electron chi connectivity index (χ2n) is 1.47. The number of nitrogens with zero attached hydrogens (tertiary/aromatic N) is 1. The first-order chi connectivity index (χ1) is 4.02. The summed E-state index contributed by atoms with van der Waals surface area (Å²) in [5, 5.41) is 0. The molecule has 0 saturated heterocycles. The zero-order valence-corrected chi connectivity index (χ0v) is 6.06. The van der Waals surface area contributed by atoms with E-state index in [2.05, 4.69) is 6.92 Å². The Bertz CT molecular complexity index is 159. The number of hydrogen-bond acceptors (Lipinski definition) is 2. The fourth-order valence-corrected chi connectivity index (χ4v) is 0.994. The second-order valence-corrected chi connectivity index (χ2v) is 2.88. The Hall–Kier alpha value is -0.130.